The van der Waals surface area contributed by atoms with Crippen LogP contribution in [-0.4, -0.2) is 17.3 Å². The van der Waals surface area contributed by atoms with E-state index in [2.05, 4.69) is 21.2 Å². The lowest BCUT2D eigenvalue weighted by Gasteiger charge is -2.17. The van der Waals surface area contributed by atoms with Crippen LogP contribution in [0.3, 0.4) is 0 Å². The van der Waals surface area contributed by atoms with Crippen molar-refractivity contribution in [1.82, 2.24) is 5.32 Å². The maximum atomic E-state index is 12.9. The molecule has 0 radical (unpaired) electrons. The second kappa shape index (κ2) is 5.58. The zero-order valence-electron chi connectivity index (χ0n) is 8.80. The summed E-state index contributed by atoms with van der Waals surface area (Å²) in [5, 5.41) is 12.4. The van der Waals surface area contributed by atoms with Gasteiger partial charge in [-0.2, -0.15) is 0 Å². The Hall–Kier alpha value is -0.450. The Labute approximate surface area is 97.6 Å². The van der Waals surface area contributed by atoms with Gasteiger partial charge in [0.1, 0.15) is 5.82 Å². The van der Waals surface area contributed by atoms with Gasteiger partial charge in [0.05, 0.1) is 6.10 Å². The van der Waals surface area contributed by atoms with Crippen molar-refractivity contribution in [3.8, 4) is 0 Å². The molecule has 0 spiro atoms. The number of benzene rings is 1. The predicted octanol–water partition coefficient (Wildman–Crippen LogP) is 2.45. The first-order chi connectivity index (χ1) is 7.00. The molecule has 0 heterocycles. The minimum atomic E-state index is -0.419. The van der Waals surface area contributed by atoms with E-state index in [4.69, 9.17) is 0 Å². The van der Waals surface area contributed by atoms with Crippen molar-refractivity contribution in [2.24, 2.45) is 0 Å². The summed E-state index contributed by atoms with van der Waals surface area (Å²) in [6.45, 7) is 4.14. The van der Waals surface area contributed by atoms with Gasteiger partial charge in [-0.25, -0.2) is 4.39 Å². The summed E-state index contributed by atoms with van der Waals surface area (Å²) in [5.74, 6) is -0.250. The molecule has 84 valence electrons. The van der Waals surface area contributed by atoms with E-state index < -0.39 is 6.10 Å². The van der Waals surface area contributed by atoms with E-state index in [1.807, 2.05) is 6.92 Å². The molecular weight excluding hydrogens is 261 g/mol. The molecule has 0 saturated carbocycles. The highest BCUT2D eigenvalue weighted by atomic mass is 79.9. The molecule has 0 aliphatic rings. The van der Waals surface area contributed by atoms with Crippen LogP contribution < -0.4 is 5.32 Å². The SMILES string of the molecule is CC(O)C(C)NCc1cc(F)ccc1Br. The fourth-order valence-corrected chi connectivity index (χ4v) is 1.51. The third kappa shape index (κ3) is 3.89. The summed E-state index contributed by atoms with van der Waals surface area (Å²) < 4.78 is 13.8. The van der Waals surface area contributed by atoms with Gasteiger partial charge in [0.15, 0.2) is 0 Å². The van der Waals surface area contributed by atoms with Crippen molar-refractivity contribution in [2.45, 2.75) is 32.5 Å². The van der Waals surface area contributed by atoms with Gasteiger partial charge in [-0.05, 0) is 37.6 Å². The largest absolute Gasteiger partial charge is 0.392 e. The number of aliphatic hydroxyl groups is 1. The van der Waals surface area contributed by atoms with Gasteiger partial charge in [-0.1, -0.05) is 15.9 Å². The Morgan fingerprint density at radius 3 is 2.73 bits per heavy atom. The lowest BCUT2D eigenvalue weighted by molar-refractivity contribution is 0.152. The molecule has 2 unspecified atom stereocenters. The van der Waals surface area contributed by atoms with Crippen LogP contribution in [0.15, 0.2) is 22.7 Å². The third-order valence-electron chi connectivity index (χ3n) is 2.35. The van der Waals surface area contributed by atoms with Crippen LogP contribution in [0.25, 0.3) is 0 Å². The summed E-state index contributed by atoms with van der Waals surface area (Å²) in [5.41, 5.74) is 0.850. The van der Waals surface area contributed by atoms with Crippen LogP contribution in [0.4, 0.5) is 4.39 Å². The third-order valence-corrected chi connectivity index (χ3v) is 3.12. The maximum absolute atomic E-state index is 12.9. The number of hydrogen-bond donors (Lipinski definition) is 2. The molecule has 1 aromatic carbocycles. The molecule has 1 rings (SSSR count). The normalized spacial score (nSPS) is 15.0. The van der Waals surface area contributed by atoms with Crippen LogP contribution in [0, 0.1) is 5.82 Å². The van der Waals surface area contributed by atoms with Crippen LogP contribution in [0.2, 0.25) is 0 Å². The van der Waals surface area contributed by atoms with Crippen LogP contribution in [0.1, 0.15) is 19.4 Å². The molecule has 0 aliphatic carbocycles. The average molecular weight is 276 g/mol. The maximum Gasteiger partial charge on any atom is 0.123 e. The van der Waals surface area contributed by atoms with Gasteiger partial charge in [-0.3, -0.25) is 0 Å². The molecule has 2 atom stereocenters. The van der Waals surface area contributed by atoms with Crippen molar-refractivity contribution in [1.29, 1.82) is 0 Å². The van der Waals surface area contributed by atoms with Crippen molar-refractivity contribution in [3.63, 3.8) is 0 Å². The molecule has 0 bridgehead atoms. The summed E-state index contributed by atoms with van der Waals surface area (Å²) >= 11 is 3.35. The molecule has 15 heavy (non-hydrogen) atoms. The smallest absolute Gasteiger partial charge is 0.123 e. The quantitative estimate of drug-likeness (QED) is 0.885. The standard InChI is InChI=1S/C11H15BrFNO/c1-7(8(2)15)14-6-9-5-10(13)3-4-11(9)12/h3-5,7-8,14-15H,6H2,1-2H3. The lowest BCUT2D eigenvalue weighted by Crippen LogP contribution is -2.35. The van der Waals surface area contributed by atoms with Crippen molar-refractivity contribution >= 4 is 15.9 Å². The molecule has 0 aromatic heterocycles. The van der Waals surface area contributed by atoms with E-state index in [1.165, 1.54) is 12.1 Å². The van der Waals surface area contributed by atoms with Gasteiger partial charge >= 0.3 is 0 Å². The predicted molar refractivity (Wildman–Crippen MR) is 62.1 cm³/mol. The number of rotatable bonds is 4. The number of nitrogens with one attached hydrogen (secondary N) is 1. The zero-order chi connectivity index (χ0) is 11.4. The van der Waals surface area contributed by atoms with Crippen molar-refractivity contribution < 1.29 is 9.50 Å². The first kappa shape index (κ1) is 12.6. The Morgan fingerprint density at radius 2 is 2.13 bits per heavy atom. The minimum absolute atomic E-state index is 0.0137. The molecule has 1 aromatic rings. The Balaban J connectivity index is 2.61. The monoisotopic (exact) mass is 275 g/mol. The van der Waals surface area contributed by atoms with E-state index in [9.17, 15) is 9.50 Å². The van der Waals surface area contributed by atoms with Gasteiger partial charge in [-0.15, -0.1) is 0 Å². The molecule has 0 saturated heterocycles. The molecule has 4 heteroatoms. The van der Waals surface area contributed by atoms with Gasteiger partial charge in [0, 0.05) is 17.1 Å². The van der Waals surface area contributed by atoms with E-state index >= 15 is 0 Å². The Bertz CT molecular complexity index is 330. The van der Waals surface area contributed by atoms with E-state index in [0.717, 1.165) is 10.0 Å². The van der Waals surface area contributed by atoms with Crippen LogP contribution >= 0.6 is 15.9 Å². The van der Waals surface area contributed by atoms with Crippen LogP contribution in [-0.2, 0) is 6.54 Å². The fraction of sp³-hybridized carbons (Fsp3) is 0.455. The first-order valence-electron chi connectivity index (χ1n) is 4.86. The van der Waals surface area contributed by atoms with Gasteiger partial charge < -0.3 is 10.4 Å². The second-order valence-electron chi connectivity index (χ2n) is 3.65. The molecule has 2 nitrogen and oxygen atoms in total. The molecule has 0 fully saturated rings. The second-order valence-corrected chi connectivity index (χ2v) is 4.50. The lowest BCUT2D eigenvalue weighted by atomic mass is 10.1. The van der Waals surface area contributed by atoms with E-state index in [0.29, 0.717) is 6.54 Å². The topological polar surface area (TPSA) is 32.3 Å². The fourth-order valence-electron chi connectivity index (χ4n) is 1.12. The highest BCUT2D eigenvalue weighted by Crippen LogP contribution is 2.17. The first-order valence-corrected chi connectivity index (χ1v) is 5.65. The Kier molecular flexibility index (Phi) is 4.70. The van der Waals surface area contributed by atoms with Gasteiger partial charge in [0.25, 0.3) is 0 Å². The van der Waals surface area contributed by atoms with Crippen molar-refractivity contribution in [2.75, 3.05) is 0 Å². The highest BCUT2D eigenvalue weighted by molar-refractivity contribution is 9.10. The molecular formula is C11H15BrFNO. The van der Waals surface area contributed by atoms with Crippen molar-refractivity contribution in [3.05, 3.63) is 34.1 Å². The summed E-state index contributed by atoms with van der Waals surface area (Å²) in [7, 11) is 0. The van der Waals surface area contributed by atoms with Gasteiger partial charge in [0.2, 0.25) is 0 Å². The van der Waals surface area contributed by atoms with E-state index in [1.54, 1.807) is 13.0 Å². The summed E-state index contributed by atoms with van der Waals surface area (Å²) in [6.07, 6.45) is -0.419. The zero-order valence-corrected chi connectivity index (χ0v) is 10.4. The molecule has 0 amide bonds. The molecule has 0 aliphatic heterocycles. The number of hydrogen-bond acceptors (Lipinski definition) is 2. The van der Waals surface area contributed by atoms with Crippen LogP contribution in [0.5, 0.6) is 0 Å². The minimum Gasteiger partial charge on any atom is -0.392 e. The number of halogens is 2. The summed E-state index contributed by atoms with van der Waals surface area (Å²) in [4.78, 5) is 0. The summed E-state index contributed by atoms with van der Waals surface area (Å²) in [6, 6.07) is 4.55. The number of aliphatic hydroxyl groups excluding tert-OH is 1. The Morgan fingerprint density at radius 1 is 1.47 bits per heavy atom. The van der Waals surface area contributed by atoms with E-state index in [-0.39, 0.29) is 11.9 Å². The highest BCUT2D eigenvalue weighted by Gasteiger charge is 2.08. The molecule has 2 N–H and O–H groups in total. The average Bonchev–Trinajstić information content (AvgIpc) is 2.18.